The van der Waals surface area contributed by atoms with E-state index in [1.165, 1.54) is 5.56 Å². The number of likely N-dealkylation sites (tertiary alicyclic amines) is 1. The summed E-state index contributed by atoms with van der Waals surface area (Å²) >= 11 is 12.5. The number of benzene rings is 2. The van der Waals surface area contributed by atoms with Crippen molar-refractivity contribution in [1.82, 2.24) is 10.2 Å². The van der Waals surface area contributed by atoms with E-state index in [2.05, 4.69) is 29.3 Å². The molecule has 0 saturated carbocycles. The summed E-state index contributed by atoms with van der Waals surface area (Å²) in [5.74, 6) is 0.236. The molecule has 1 fully saturated rings. The largest absolute Gasteiger partial charge is 0.352 e. The Balaban J connectivity index is 1.48. The molecule has 0 spiro atoms. The molecule has 1 amide bonds. The first kappa shape index (κ1) is 19.2. The minimum absolute atomic E-state index is 0.0813. The van der Waals surface area contributed by atoms with Gasteiger partial charge in [-0.05, 0) is 50.6 Å². The molecule has 138 valence electrons. The summed E-state index contributed by atoms with van der Waals surface area (Å²) in [5.41, 5.74) is 3.32. The molecule has 0 bridgehead atoms. The van der Waals surface area contributed by atoms with Crippen molar-refractivity contribution in [1.29, 1.82) is 0 Å². The number of hydrogen-bond acceptors (Lipinski definition) is 2. The summed E-state index contributed by atoms with van der Waals surface area (Å²) in [6.45, 7) is 5.15. The fraction of sp³-hybridized carbons (Fsp3) is 0.381. The molecule has 2 aromatic carbocycles. The SMILES string of the molecule is Cc1cccc(CNC(=O)C2CCN(Cc3c(Cl)cccc3Cl)CC2)c1. The van der Waals surface area contributed by atoms with Gasteiger partial charge in [-0.3, -0.25) is 9.69 Å². The molecule has 0 radical (unpaired) electrons. The predicted octanol–water partition coefficient (Wildman–Crippen LogP) is 4.83. The topological polar surface area (TPSA) is 32.3 Å². The molecular formula is C21H24Cl2N2O. The number of hydrogen-bond donors (Lipinski definition) is 1. The monoisotopic (exact) mass is 390 g/mol. The molecule has 26 heavy (non-hydrogen) atoms. The van der Waals surface area contributed by atoms with E-state index in [0.717, 1.165) is 43.6 Å². The zero-order valence-electron chi connectivity index (χ0n) is 15.0. The minimum Gasteiger partial charge on any atom is -0.352 e. The Morgan fingerprint density at radius 2 is 1.77 bits per heavy atom. The Labute approximate surface area is 165 Å². The lowest BCUT2D eigenvalue weighted by Gasteiger charge is -2.31. The number of amides is 1. The first-order chi connectivity index (χ1) is 12.5. The molecular weight excluding hydrogens is 367 g/mol. The standard InChI is InChI=1S/C21H24Cl2N2O/c1-15-4-2-5-16(12-15)13-24-21(26)17-8-10-25(11-9-17)14-18-19(22)6-3-7-20(18)23/h2-7,12,17H,8-11,13-14H2,1H3,(H,24,26). The van der Waals surface area contributed by atoms with Crippen molar-refractivity contribution in [3.05, 3.63) is 69.2 Å². The zero-order chi connectivity index (χ0) is 18.5. The molecule has 0 unspecified atom stereocenters. The van der Waals surface area contributed by atoms with Gasteiger partial charge in [0.05, 0.1) is 0 Å². The zero-order valence-corrected chi connectivity index (χ0v) is 16.5. The van der Waals surface area contributed by atoms with E-state index in [4.69, 9.17) is 23.2 Å². The lowest BCUT2D eigenvalue weighted by molar-refractivity contribution is -0.126. The first-order valence-electron chi connectivity index (χ1n) is 9.01. The Kier molecular flexibility index (Phi) is 6.58. The highest BCUT2D eigenvalue weighted by Crippen LogP contribution is 2.27. The van der Waals surface area contributed by atoms with Gasteiger partial charge < -0.3 is 5.32 Å². The van der Waals surface area contributed by atoms with Crippen LogP contribution in [-0.2, 0) is 17.9 Å². The van der Waals surface area contributed by atoms with Gasteiger partial charge in [-0.2, -0.15) is 0 Å². The summed E-state index contributed by atoms with van der Waals surface area (Å²) < 4.78 is 0. The molecule has 2 aromatic rings. The van der Waals surface area contributed by atoms with Crippen LogP contribution in [-0.4, -0.2) is 23.9 Å². The van der Waals surface area contributed by atoms with Crippen LogP contribution in [0.3, 0.4) is 0 Å². The molecule has 3 nitrogen and oxygen atoms in total. The second-order valence-corrected chi connectivity index (χ2v) is 7.77. The maximum Gasteiger partial charge on any atom is 0.223 e. The number of nitrogens with zero attached hydrogens (tertiary/aromatic N) is 1. The molecule has 3 rings (SSSR count). The maximum absolute atomic E-state index is 12.5. The highest BCUT2D eigenvalue weighted by atomic mass is 35.5. The number of piperidine rings is 1. The van der Waals surface area contributed by atoms with Gasteiger partial charge in [0.1, 0.15) is 0 Å². The summed E-state index contributed by atoms with van der Waals surface area (Å²) in [6, 6.07) is 13.8. The number of halogens is 2. The van der Waals surface area contributed by atoms with E-state index >= 15 is 0 Å². The Morgan fingerprint density at radius 3 is 2.42 bits per heavy atom. The predicted molar refractivity (Wildman–Crippen MR) is 107 cm³/mol. The van der Waals surface area contributed by atoms with E-state index in [9.17, 15) is 4.79 Å². The second kappa shape index (κ2) is 8.90. The molecule has 1 saturated heterocycles. The quantitative estimate of drug-likeness (QED) is 0.792. The molecule has 0 aliphatic carbocycles. The minimum atomic E-state index is 0.0813. The lowest BCUT2D eigenvalue weighted by atomic mass is 9.95. The van der Waals surface area contributed by atoms with Crippen LogP contribution in [0.1, 0.15) is 29.5 Å². The third kappa shape index (κ3) is 5.00. The summed E-state index contributed by atoms with van der Waals surface area (Å²) in [6.07, 6.45) is 1.73. The fourth-order valence-electron chi connectivity index (χ4n) is 3.42. The van der Waals surface area contributed by atoms with Crippen LogP contribution in [0.5, 0.6) is 0 Å². The van der Waals surface area contributed by atoms with Crippen LogP contribution < -0.4 is 5.32 Å². The average Bonchev–Trinajstić information content (AvgIpc) is 2.63. The summed E-state index contributed by atoms with van der Waals surface area (Å²) in [7, 11) is 0. The molecule has 0 aromatic heterocycles. The summed E-state index contributed by atoms with van der Waals surface area (Å²) in [5, 5.41) is 4.49. The molecule has 1 aliphatic heterocycles. The number of nitrogens with one attached hydrogen (secondary N) is 1. The lowest BCUT2D eigenvalue weighted by Crippen LogP contribution is -2.40. The van der Waals surface area contributed by atoms with E-state index < -0.39 is 0 Å². The number of rotatable bonds is 5. The molecule has 1 aliphatic rings. The van der Waals surface area contributed by atoms with E-state index in [1.54, 1.807) is 0 Å². The van der Waals surface area contributed by atoms with Gasteiger partial charge in [-0.1, -0.05) is 59.1 Å². The maximum atomic E-state index is 12.5. The van der Waals surface area contributed by atoms with Crippen molar-refractivity contribution < 1.29 is 4.79 Å². The van der Waals surface area contributed by atoms with Gasteiger partial charge in [0.25, 0.3) is 0 Å². The second-order valence-electron chi connectivity index (χ2n) is 6.96. The smallest absolute Gasteiger partial charge is 0.223 e. The van der Waals surface area contributed by atoms with Crippen LogP contribution in [0.4, 0.5) is 0 Å². The molecule has 5 heteroatoms. The highest BCUT2D eigenvalue weighted by molar-refractivity contribution is 6.35. The van der Waals surface area contributed by atoms with Gasteiger partial charge >= 0.3 is 0 Å². The van der Waals surface area contributed by atoms with Gasteiger partial charge in [-0.25, -0.2) is 0 Å². The number of carbonyl (C=O) groups is 1. The van der Waals surface area contributed by atoms with Crippen molar-refractivity contribution in [3.63, 3.8) is 0 Å². The van der Waals surface area contributed by atoms with Gasteiger partial charge in [-0.15, -0.1) is 0 Å². The number of aryl methyl sites for hydroxylation is 1. The van der Waals surface area contributed by atoms with Crippen molar-refractivity contribution >= 4 is 29.1 Å². The van der Waals surface area contributed by atoms with Crippen LogP contribution in [0.25, 0.3) is 0 Å². The van der Waals surface area contributed by atoms with Crippen molar-refractivity contribution in [3.8, 4) is 0 Å². The van der Waals surface area contributed by atoms with E-state index in [1.807, 2.05) is 30.3 Å². The van der Waals surface area contributed by atoms with Crippen molar-refractivity contribution in [2.75, 3.05) is 13.1 Å². The van der Waals surface area contributed by atoms with Gasteiger partial charge in [0.2, 0.25) is 5.91 Å². The summed E-state index contributed by atoms with van der Waals surface area (Å²) in [4.78, 5) is 14.8. The van der Waals surface area contributed by atoms with Crippen LogP contribution >= 0.6 is 23.2 Å². The highest BCUT2D eigenvalue weighted by Gasteiger charge is 2.25. The van der Waals surface area contributed by atoms with E-state index in [0.29, 0.717) is 16.6 Å². The van der Waals surface area contributed by atoms with Crippen molar-refractivity contribution in [2.24, 2.45) is 5.92 Å². The van der Waals surface area contributed by atoms with E-state index in [-0.39, 0.29) is 11.8 Å². The average molecular weight is 391 g/mol. The Hall–Kier alpha value is -1.55. The van der Waals surface area contributed by atoms with Crippen LogP contribution in [0.15, 0.2) is 42.5 Å². The normalized spacial score (nSPS) is 15.8. The van der Waals surface area contributed by atoms with Crippen molar-refractivity contribution in [2.45, 2.75) is 32.9 Å². The Morgan fingerprint density at radius 1 is 1.12 bits per heavy atom. The third-order valence-electron chi connectivity index (χ3n) is 4.95. The Bertz CT molecular complexity index is 750. The first-order valence-corrected chi connectivity index (χ1v) is 9.77. The fourth-order valence-corrected chi connectivity index (χ4v) is 3.93. The van der Waals surface area contributed by atoms with Crippen LogP contribution in [0.2, 0.25) is 10.0 Å². The van der Waals surface area contributed by atoms with Gasteiger partial charge in [0.15, 0.2) is 0 Å². The molecule has 0 atom stereocenters. The van der Waals surface area contributed by atoms with Crippen LogP contribution in [0, 0.1) is 12.8 Å². The number of carbonyl (C=O) groups excluding carboxylic acids is 1. The third-order valence-corrected chi connectivity index (χ3v) is 5.66. The molecule has 1 N–H and O–H groups in total. The molecule has 1 heterocycles. The van der Waals surface area contributed by atoms with Gasteiger partial charge in [0, 0.05) is 34.6 Å².